The van der Waals surface area contributed by atoms with Gasteiger partial charge in [-0.05, 0) is 30.7 Å². The molecule has 2 N–H and O–H groups in total. The number of rotatable bonds is 3. The highest BCUT2D eigenvalue weighted by atomic mass is 19.1. The van der Waals surface area contributed by atoms with Gasteiger partial charge in [-0.25, -0.2) is 13.9 Å². The van der Waals surface area contributed by atoms with E-state index < -0.39 is 0 Å². The minimum absolute atomic E-state index is 0.282. The molecule has 0 bridgehead atoms. The Morgan fingerprint density at radius 3 is 2.75 bits per heavy atom. The van der Waals surface area contributed by atoms with Crippen LogP contribution in [0.5, 0.6) is 0 Å². The molecule has 0 aliphatic heterocycles. The van der Waals surface area contributed by atoms with E-state index in [2.05, 4.69) is 17.0 Å². The Labute approximate surface area is 116 Å². The summed E-state index contributed by atoms with van der Waals surface area (Å²) in [4.78, 5) is 4.54. The van der Waals surface area contributed by atoms with E-state index in [-0.39, 0.29) is 5.82 Å². The quantitative estimate of drug-likeness (QED) is 0.795. The Hall–Kier alpha value is -2.43. The molecule has 5 heteroatoms. The first-order valence-electron chi connectivity index (χ1n) is 6.59. The molecule has 0 saturated carbocycles. The van der Waals surface area contributed by atoms with Crippen LogP contribution in [0.4, 0.5) is 10.2 Å². The van der Waals surface area contributed by atoms with Crippen molar-refractivity contribution in [3.8, 4) is 11.3 Å². The Morgan fingerprint density at radius 1 is 1.20 bits per heavy atom. The van der Waals surface area contributed by atoms with E-state index in [1.165, 1.54) is 6.07 Å². The largest absolute Gasteiger partial charge is 0.382 e. The maximum absolute atomic E-state index is 14.1. The summed E-state index contributed by atoms with van der Waals surface area (Å²) in [5.74, 6) is 0.103. The molecule has 4 nitrogen and oxygen atoms in total. The van der Waals surface area contributed by atoms with E-state index in [0.29, 0.717) is 22.7 Å². The summed E-state index contributed by atoms with van der Waals surface area (Å²) in [5, 5.41) is 4.26. The molecule has 0 unspecified atom stereocenters. The fourth-order valence-electron chi connectivity index (χ4n) is 2.33. The minimum atomic E-state index is -0.282. The Morgan fingerprint density at radius 2 is 2.00 bits per heavy atom. The lowest BCUT2D eigenvalue weighted by Gasteiger charge is -2.05. The van der Waals surface area contributed by atoms with Gasteiger partial charge in [-0.3, -0.25) is 0 Å². The van der Waals surface area contributed by atoms with Gasteiger partial charge < -0.3 is 5.73 Å². The molecule has 0 radical (unpaired) electrons. The molecule has 0 amide bonds. The van der Waals surface area contributed by atoms with Gasteiger partial charge in [-0.15, -0.1) is 5.10 Å². The highest BCUT2D eigenvalue weighted by Gasteiger charge is 2.17. The van der Waals surface area contributed by atoms with Crippen LogP contribution in [0, 0.1) is 5.82 Å². The third-order valence-electron chi connectivity index (χ3n) is 3.19. The van der Waals surface area contributed by atoms with Gasteiger partial charge in [0, 0.05) is 5.56 Å². The highest BCUT2D eigenvalue weighted by Crippen LogP contribution is 2.28. The number of aryl methyl sites for hydroxylation is 1. The van der Waals surface area contributed by atoms with Crippen LogP contribution in [0.25, 0.3) is 16.9 Å². The van der Waals surface area contributed by atoms with Crippen LogP contribution < -0.4 is 5.73 Å². The van der Waals surface area contributed by atoms with Crippen molar-refractivity contribution >= 4 is 11.5 Å². The molecule has 102 valence electrons. The van der Waals surface area contributed by atoms with Crippen LogP contribution in [-0.2, 0) is 6.42 Å². The van der Waals surface area contributed by atoms with E-state index >= 15 is 0 Å². The molecule has 2 aromatic heterocycles. The van der Waals surface area contributed by atoms with Crippen LogP contribution in [-0.4, -0.2) is 14.6 Å². The van der Waals surface area contributed by atoms with Gasteiger partial charge in [0.1, 0.15) is 11.6 Å². The van der Waals surface area contributed by atoms with Crippen molar-refractivity contribution in [2.24, 2.45) is 0 Å². The second-order valence-electron chi connectivity index (χ2n) is 4.67. The van der Waals surface area contributed by atoms with E-state index in [1.54, 1.807) is 34.8 Å². The van der Waals surface area contributed by atoms with Crippen molar-refractivity contribution in [1.29, 1.82) is 0 Å². The molecule has 3 aromatic rings. The van der Waals surface area contributed by atoms with Crippen molar-refractivity contribution in [3.63, 3.8) is 0 Å². The summed E-state index contributed by atoms with van der Waals surface area (Å²) in [6.07, 6.45) is 1.70. The number of fused-ring (bicyclic) bond motifs is 1. The zero-order valence-corrected chi connectivity index (χ0v) is 11.2. The molecule has 0 aliphatic carbocycles. The highest BCUT2D eigenvalue weighted by molar-refractivity contribution is 5.67. The summed E-state index contributed by atoms with van der Waals surface area (Å²) in [7, 11) is 0. The summed E-state index contributed by atoms with van der Waals surface area (Å²) in [5.41, 5.74) is 8.45. The van der Waals surface area contributed by atoms with Gasteiger partial charge in [0.15, 0.2) is 5.65 Å². The molecule has 2 heterocycles. The predicted molar refractivity (Wildman–Crippen MR) is 76.8 cm³/mol. The van der Waals surface area contributed by atoms with Gasteiger partial charge in [0.05, 0.1) is 11.4 Å². The van der Waals surface area contributed by atoms with Crippen LogP contribution in [0.3, 0.4) is 0 Å². The number of nitrogens with two attached hydrogens (primary N) is 1. The first-order chi connectivity index (χ1) is 9.70. The van der Waals surface area contributed by atoms with Crippen LogP contribution >= 0.6 is 0 Å². The van der Waals surface area contributed by atoms with E-state index in [1.807, 2.05) is 0 Å². The number of halogens is 1. The summed E-state index contributed by atoms with van der Waals surface area (Å²) < 4.78 is 15.7. The van der Waals surface area contributed by atoms with Gasteiger partial charge in [-0.1, -0.05) is 25.5 Å². The molecule has 0 fully saturated rings. The number of benzene rings is 1. The Bertz CT molecular complexity index is 764. The van der Waals surface area contributed by atoms with E-state index in [0.717, 1.165) is 18.5 Å². The molecule has 0 aliphatic rings. The number of nitrogens with zero attached hydrogens (tertiary/aromatic N) is 3. The summed E-state index contributed by atoms with van der Waals surface area (Å²) >= 11 is 0. The average Bonchev–Trinajstić information content (AvgIpc) is 2.77. The SMILES string of the molecule is CCCc1nc2ccc(N)nn2c1-c1ccccc1F. The van der Waals surface area contributed by atoms with Gasteiger partial charge in [0.25, 0.3) is 0 Å². The molecular weight excluding hydrogens is 255 g/mol. The van der Waals surface area contributed by atoms with Gasteiger partial charge in [0.2, 0.25) is 0 Å². The molecule has 3 rings (SSSR count). The predicted octanol–water partition coefficient (Wildman–Crippen LogP) is 3.07. The van der Waals surface area contributed by atoms with Crippen molar-refractivity contribution in [2.45, 2.75) is 19.8 Å². The third kappa shape index (κ3) is 2.01. The second kappa shape index (κ2) is 4.92. The lowest BCUT2D eigenvalue weighted by atomic mass is 10.1. The van der Waals surface area contributed by atoms with Crippen LogP contribution in [0.2, 0.25) is 0 Å². The number of hydrogen-bond acceptors (Lipinski definition) is 3. The first-order valence-corrected chi connectivity index (χ1v) is 6.59. The molecule has 20 heavy (non-hydrogen) atoms. The van der Waals surface area contributed by atoms with Crippen molar-refractivity contribution in [3.05, 3.63) is 47.9 Å². The van der Waals surface area contributed by atoms with Crippen LogP contribution in [0.1, 0.15) is 19.0 Å². The summed E-state index contributed by atoms with van der Waals surface area (Å²) in [6.45, 7) is 2.07. The number of imidazole rings is 1. The Balaban J connectivity index is 2.34. The average molecular weight is 270 g/mol. The van der Waals surface area contributed by atoms with Crippen molar-refractivity contribution in [2.75, 3.05) is 5.73 Å². The lowest BCUT2D eigenvalue weighted by molar-refractivity contribution is 0.629. The van der Waals surface area contributed by atoms with Crippen molar-refractivity contribution < 1.29 is 4.39 Å². The standard InChI is InChI=1S/C15H15FN4/c1-2-5-12-15(10-6-3-4-7-11(10)16)20-14(18-12)9-8-13(17)19-20/h3-4,6-9H,2,5H2,1H3,(H2,17,19). The zero-order chi connectivity index (χ0) is 14.1. The third-order valence-corrected chi connectivity index (χ3v) is 3.19. The maximum Gasteiger partial charge on any atom is 0.154 e. The smallest absolute Gasteiger partial charge is 0.154 e. The number of nitrogen functional groups attached to an aromatic ring is 1. The first kappa shape index (κ1) is 12.6. The normalized spacial score (nSPS) is 11.1. The number of hydrogen-bond donors (Lipinski definition) is 1. The lowest BCUT2D eigenvalue weighted by Crippen LogP contribution is -2.00. The Kier molecular flexibility index (Phi) is 3.10. The van der Waals surface area contributed by atoms with E-state index in [4.69, 9.17) is 5.73 Å². The molecule has 1 aromatic carbocycles. The molecule has 0 spiro atoms. The maximum atomic E-state index is 14.1. The van der Waals surface area contributed by atoms with E-state index in [9.17, 15) is 4.39 Å². The van der Waals surface area contributed by atoms with Crippen LogP contribution in [0.15, 0.2) is 36.4 Å². The van der Waals surface area contributed by atoms with Gasteiger partial charge in [-0.2, -0.15) is 0 Å². The number of anilines is 1. The molecule has 0 atom stereocenters. The molecule has 0 saturated heterocycles. The minimum Gasteiger partial charge on any atom is -0.382 e. The van der Waals surface area contributed by atoms with Crippen molar-refractivity contribution in [1.82, 2.24) is 14.6 Å². The molecular formula is C15H15FN4. The topological polar surface area (TPSA) is 56.2 Å². The second-order valence-corrected chi connectivity index (χ2v) is 4.67. The fourth-order valence-corrected chi connectivity index (χ4v) is 2.33. The fraction of sp³-hybridized carbons (Fsp3) is 0.200. The monoisotopic (exact) mass is 270 g/mol. The number of aromatic nitrogens is 3. The zero-order valence-electron chi connectivity index (χ0n) is 11.2. The summed E-state index contributed by atoms with van der Waals surface area (Å²) in [6, 6.07) is 10.2. The van der Waals surface area contributed by atoms with Gasteiger partial charge >= 0.3 is 0 Å².